The van der Waals surface area contributed by atoms with Crippen LogP contribution in [0.15, 0.2) is 52.9 Å². The number of hydrogen-bond donors (Lipinski definition) is 2. The number of benzene rings is 2. The van der Waals surface area contributed by atoms with E-state index in [4.69, 9.17) is 4.42 Å². The molecule has 0 aliphatic carbocycles. The molecule has 0 fully saturated rings. The van der Waals surface area contributed by atoms with Gasteiger partial charge < -0.3 is 14.8 Å². The van der Waals surface area contributed by atoms with Crippen molar-refractivity contribution >= 4 is 11.0 Å². The van der Waals surface area contributed by atoms with E-state index in [1.54, 1.807) is 12.1 Å². The Morgan fingerprint density at radius 1 is 1.19 bits per heavy atom. The molecule has 0 saturated carbocycles. The third-order valence-electron chi connectivity index (χ3n) is 3.54. The Morgan fingerprint density at radius 3 is 2.81 bits per heavy atom. The molecule has 3 nitrogen and oxygen atoms in total. The van der Waals surface area contributed by atoms with Crippen LogP contribution in [0, 0.1) is 5.82 Å². The molecule has 21 heavy (non-hydrogen) atoms. The van der Waals surface area contributed by atoms with Crippen LogP contribution in [0.4, 0.5) is 4.39 Å². The number of halogens is 1. The van der Waals surface area contributed by atoms with Gasteiger partial charge in [-0.3, -0.25) is 0 Å². The van der Waals surface area contributed by atoms with Gasteiger partial charge in [0.2, 0.25) is 0 Å². The third-order valence-corrected chi connectivity index (χ3v) is 3.54. The highest BCUT2D eigenvalue weighted by Crippen LogP contribution is 2.25. The number of phenolic OH excluding ortho intramolecular Hbond substituents is 1. The minimum Gasteiger partial charge on any atom is -0.505 e. The zero-order valence-electron chi connectivity index (χ0n) is 11.6. The Labute approximate surface area is 122 Å². The van der Waals surface area contributed by atoms with Gasteiger partial charge in [0.25, 0.3) is 0 Å². The van der Waals surface area contributed by atoms with E-state index in [2.05, 4.69) is 5.32 Å². The summed E-state index contributed by atoms with van der Waals surface area (Å²) in [7, 11) is 0. The van der Waals surface area contributed by atoms with Crippen LogP contribution >= 0.6 is 0 Å². The Kier molecular flexibility index (Phi) is 3.62. The van der Waals surface area contributed by atoms with E-state index in [1.807, 2.05) is 37.3 Å². The second-order valence-corrected chi connectivity index (χ2v) is 5.04. The Balaban J connectivity index is 1.74. The van der Waals surface area contributed by atoms with Gasteiger partial charge in [-0.1, -0.05) is 30.3 Å². The average molecular weight is 285 g/mol. The monoisotopic (exact) mass is 285 g/mol. The highest BCUT2D eigenvalue weighted by Gasteiger charge is 2.12. The minimum absolute atomic E-state index is 0.0416. The van der Waals surface area contributed by atoms with Crippen LogP contribution in [0.3, 0.4) is 0 Å². The van der Waals surface area contributed by atoms with Crippen LogP contribution in [-0.4, -0.2) is 5.11 Å². The van der Waals surface area contributed by atoms with Gasteiger partial charge in [-0.2, -0.15) is 0 Å². The SMILES string of the molecule is CC(NCc1cccc(F)c1O)c1cc2ccccc2o1. The Morgan fingerprint density at radius 2 is 2.00 bits per heavy atom. The molecule has 0 aliphatic heterocycles. The topological polar surface area (TPSA) is 45.4 Å². The first-order chi connectivity index (χ1) is 10.1. The van der Waals surface area contributed by atoms with E-state index in [-0.39, 0.29) is 11.8 Å². The fourth-order valence-electron chi connectivity index (χ4n) is 2.28. The van der Waals surface area contributed by atoms with Crippen molar-refractivity contribution in [2.24, 2.45) is 0 Å². The fraction of sp³-hybridized carbons (Fsp3) is 0.176. The Bertz CT molecular complexity index is 733. The second-order valence-electron chi connectivity index (χ2n) is 5.04. The molecule has 3 rings (SSSR count). The first kappa shape index (κ1) is 13.6. The molecule has 2 aromatic carbocycles. The van der Waals surface area contributed by atoms with Gasteiger partial charge in [-0.25, -0.2) is 4.39 Å². The minimum atomic E-state index is -0.606. The highest BCUT2D eigenvalue weighted by atomic mass is 19.1. The number of para-hydroxylation sites is 2. The molecule has 108 valence electrons. The lowest BCUT2D eigenvalue weighted by atomic mass is 10.1. The summed E-state index contributed by atoms with van der Waals surface area (Å²) in [5.41, 5.74) is 1.37. The van der Waals surface area contributed by atoms with Crippen molar-refractivity contribution in [3.05, 3.63) is 65.7 Å². The molecular formula is C17H16FNO2. The summed E-state index contributed by atoms with van der Waals surface area (Å²) in [6.07, 6.45) is 0. The van der Waals surface area contributed by atoms with Crippen LogP contribution in [-0.2, 0) is 6.54 Å². The summed E-state index contributed by atoms with van der Waals surface area (Å²) < 4.78 is 19.0. The highest BCUT2D eigenvalue weighted by molar-refractivity contribution is 5.77. The molecule has 1 aromatic heterocycles. The number of furan rings is 1. The van der Waals surface area contributed by atoms with E-state index in [0.29, 0.717) is 12.1 Å². The summed E-state index contributed by atoms with van der Waals surface area (Å²) in [6, 6.07) is 14.3. The van der Waals surface area contributed by atoms with Crippen molar-refractivity contribution in [1.29, 1.82) is 0 Å². The van der Waals surface area contributed by atoms with Gasteiger partial charge in [-0.05, 0) is 25.1 Å². The normalized spacial score (nSPS) is 12.7. The van der Waals surface area contributed by atoms with Gasteiger partial charge in [0.15, 0.2) is 11.6 Å². The fourth-order valence-corrected chi connectivity index (χ4v) is 2.28. The maximum atomic E-state index is 13.3. The van der Waals surface area contributed by atoms with Crippen LogP contribution in [0.25, 0.3) is 11.0 Å². The number of hydrogen-bond acceptors (Lipinski definition) is 3. The number of aromatic hydroxyl groups is 1. The van der Waals surface area contributed by atoms with E-state index >= 15 is 0 Å². The van der Waals surface area contributed by atoms with Crippen molar-refractivity contribution in [1.82, 2.24) is 5.32 Å². The summed E-state index contributed by atoms with van der Waals surface area (Å²) in [5.74, 6) is -0.0976. The molecule has 0 amide bonds. The van der Waals surface area contributed by atoms with Crippen LogP contribution in [0.2, 0.25) is 0 Å². The average Bonchev–Trinajstić information content (AvgIpc) is 2.92. The van der Waals surface area contributed by atoms with Gasteiger partial charge in [0.1, 0.15) is 11.3 Å². The predicted octanol–water partition coefficient (Wildman–Crippen LogP) is 4.13. The van der Waals surface area contributed by atoms with Crippen LogP contribution in [0.1, 0.15) is 24.3 Å². The molecular weight excluding hydrogens is 269 g/mol. The van der Waals surface area contributed by atoms with Gasteiger partial charge in [0, 0.05) is 17.5 Å². The van der Waals surface area contributed by atoms with Gasteiger partial charge in [-0.15, -0.1) is 0 Å². The summed E-state index contributed by atoms with van der Waals surface area (Å²) in [5, 5.41) is 13.9. The van der Waals surface area contributed by atoms with Crippen molar-refractivity contribution in [3.8, 4) is 5.75 Å². The second kappa shape index (κ2) is 5.58. The van der Waals surface area contributed by atoms with E-state index in [0.717, 1.165) is 16.7 Å². The Hall–Kier alpha value is -2.33. The van der Waals surface area contributed by atoms with Crippen molar-refractivity contribution in [2.45, 2.75) is 19.5 Å². The molecule has 3 aromatic rings. The van der Waals surface area contributed by atoms with Crippen molar-refractivity contribution in [3.63, 3.8) is 0 Å². The molecule has 1 unspecified atom stereocenters. The summed E-state index contributed by atoms with van der Waals surface area (Å²) in [6.45, 7) is 2.33. The summed E-state index contributed by atoms with van der Waals surface area (Å²) >= 11 is 0. The molecule has 2 N–H and O–H groups in total. The lowest BCUT2D eigenvalue weighted by Crippen LogP contribution is -2.17. The van der Waals surface area contributed by atoms with Gasteiger partial charge in [0.05, 0.1) is 6.04 Å². The smallest absolute Gasteiger partial charge is 0.165 e. The zero-order valence-corrected chi connectivity index (χ0v) is 11.6. The molecule has 0 bridgehead atoms. The van der Waals surface area contributed by atoms with E-state index in [9.17, 15) is 9.50 Å². The first-order valence-corrected chi connectivity index (χ1v) is 6.83. The van der Waals surface area contributed by atoms with Crippen molar-refractivity contribution in [2.75, 3.05) is 0 Å². The molecule has 0 radical (unpaired) electrons. The van der Waals surface area contributed by atoms with Crippen molar-refractivity contribution < 1.29 is 13.9 Å². The molecule has 0 spiro atoms. The third kappa shape index (κ3) is 2.76. The number of nitrogens with one attached hydrogen (secondary N) is 1. The summed E-state index contributed by atoms with van der Waals surface area (Å²) in [4.78, 5) is 0. The molecule has 0 saturated heterocycles. The van der Waals surface area contributed by atoms with E-state index < -0.39 is 5.82 Å². The zero-order chi connectivity index (χ0) is 14.8. The number of fused-ring (bicyclic) bond motifs is 1. The number of rotatable bonds is 4. The first-order valence-electron chi connectivity index (χ1n) is 6.83. The number of phenols is 1. The maximum Gasteiger partial charge on any atom is 0.165 e. The van der Waals surface area contributed by atoms with Gasteiger partial charge >= 0.3 is 0 Å². The lowest BCUT2D eigenvalue weighted by molar-refractivity contribution is 0.413. The van der Waals surface area contributed by atoms with Crippen LogP contribution < -0.4 is 5.32 Å². The van der Waals surface area contributed by atoms with E-state index in [1.165, 1.54) is 6.07 Å². The molecule has 4 heteroatoms. The maximum absolute atomic E-state index is 13.3. The largest absolute Gasteiger partial charge is 0.505 e. The quantitative estimate of drug-likeness (QED) is 0.757. The lowest BCUT2D eigenvalue weighted by Gasteiger charge is -2.12. The molecule has 1 atom stereocenters. The van der Waals surface area contributed by atoms with Crippen LogP contribution in [0.5, 0.6) is 5.75 Å². The standard InChI is InChI=1S/C17H16FNO2/c1-11(16-9-12-5-2-3-8-15(12)21-16)19-10-13-6-4-7-14(18)17(13)20/h2-9,11,19-20H,10H2,1H3. The molecule has 1 heterocycles. The molecule has 0 aliphatic rings. The predicted molar refractivity (Wildman–Crippen MR) is 79.5 cm³/mol.